The molecule has 1 aliphatic heterocycles. The van der Waals surface area contributed by atoms with Gasteiger partial charge in [0.05, 0.1) is 12.7 Å². The Balaban J connectivity index is 2.18. The highest BCUT2D eigenvalue weighted by atomic mass is 16.5. The van der Waals surface area contributed by atoms with Gasteiger partial charge in [-0.2, -0.15) is 0 Å². The van der Waals surface area contributed by atoms with Gasteiger partial charge >= 0.3 is 0 Å². The molecular formula is C11H23N3O2. The molecule has 0 aromatic rings. The molecule has 0 radical (unpaired) electrons. The summed E-state index contributed by atoms with van der Waals surface area (Å²) in [6.07, 6.45) is 0.605. The van der Waals surface area contributed by atoms with Crippen molar-refractivity contribution in [1.82, 2.24) is 10.2 Å². The monoisotopic (exact) mass is 229 g/mol. The zero-order chi connectivity index (χ0) is 12.0. The molecule has 1 rings (SSSR count). The first-order chi connectivity index (χ1) is 7.61. The van der Waals surface area contributed by atoms with E-state index in [0.717, 1.165) is 32.8 Å². The summed E-state index contributed by atoms with van der Waals surface area (Å²) in [5.74, 6) is -0.264. The fourth-order valence-electron chi connectivity index (χ4n) is 1.90. The second-order valence-corrected chi connectivity index (χ2v) is 4.37. The molecule has 0 saturated carbocycles. The number of ether oxygens (including phenoxy) is 1. The molecule has 1 aliphatic rings. The zero-order valence-electron chi connectivity index (χ0n) is 10.2. The molecule has 0 spiro atoms. The van der Waals surface area contributed by atoms with Crippen molar-refractivity contribution in [2.75, 3.05) is 32.8 Å². The Morgan fingerprint density at radius 1 is 1.69 bits per heavy atom. The van der Waals surface area contributed by atoms with Gasteiger partial charge in [-0.1, -0.05) is 6.92 Å². The first kappa shape index (κ1) is 13.4. The SMILES string of the molecule is CCN1CCOC(CNC(C)CC(N)=O)C1. The predicted octanol–water partition coefficient (Wildman–Crippen LogP) is -0.439. The van der Waals surface area contributed by atoms with Crippen molar-refractivity contribution in [3.63, 3.8) is 0 Å². The summed E-state index contributed by atoms with van der Waals surface area (Å²) in [5, 5.41) is 3.28. The molecule has 1 amide bonds. The largest absolute Gasteiger partial charge is 0.374 e. The maximum Gasteiger partial charge on any atom is 0.218 e. The van der Waals surface area contributed by atoms with Gasteiger partial charge in [-0.15, -0.1) is 0 Å². The second kappa shape index (κ2) is 6.83. The molecule has 2 atom stereocenters. The second-order valence-electron chi connectivity index (χ2n) is 4.37. The van der Waals surface area contributed by atoms with Crippen LogP contribution in [0, 0.1) is 0 Å². The Kier molecular flexibility index (Phi) is 5.73. The van der Waals surface area contributed by atoms with Crippen LogP contribution in [0.15, 0.2) is 0 Å². The third kappa shape index (κ3) is 4.92. The minimum Gasteiger partial charge on any atom is -0.374 e. The number of morpholine rings is 1. The van der Waals surface area contributed by atoms with Crippen LogP contribution < -0.4 is 11.1 Å². The zero-order valence-corrected chi connectivity index (χ0v) is 10.2. The number of rotatable bonds is 6. The number of amides is 1. The fraction of sp³-hybridized carbons (Fsp3) is 0.909. The Hall–Kier alpha value is -0.650. The molecule has 16 heavy (non-hydrogen) atoms. The maximum absolute atomic E-state index is 10.7. The Bertz CT molecular complexity index is 223. The highest BCUT2D eigenvalue weighted by molar-refractivity contribution is 5.74. The minimum atomic E-state index is -0.264. The molecule has 1 heterocycles. The van der Waals surface area contributed by atoms with Crippen LogP contribution in [0.5, 0.6) is 0 Å². The molecule has 0 aliphatic carbocycles. The van der Waals surface area contributed by atoms with E-state index in [1.54, 1.807) is 0 Å². The van der Waals surface area contributed by atoms with Crippen molar-refractivity contribution in [2.45, 2.75) is 32.4 Å². The summed E-state index contributed by atoms with van der Waals surface area (Å²) in [6.45, 7) is 8.75. The smallest absolute Gasteiger partial charge is 0.218 e. The van der Waals surface area contributed by atoms with Gasteiger partial charge in [0.1, 0.15) is 0 Å². The molecule has 0 aromatic heterocycles. The van der Waals surface area contributed by atoms with Crippen molar-refractivity contribution in [1.29, 1.82) is 0 Å². The van der Waals surface area contributed by atoms with Crippen molar-refractivity contribution in [2.24, 2.45) is 5.73 Å². The molecule has 5 nitrogen and oxygen atoms in total. The first-order valence-corrected chi connectivity index (χ1v) is 5.97. The van der Waals surface area contributed by atoms with Gasteiger partial charge in [-0.05, 0) is 13.5 Å². The molecule has 1 saturated heterocycles. The van der Waals surface area contributed by atoms with Gasteiger partial charge in [0, 0.05) is 32.1 Å². The lowest BCUT2D eigenvalue weighted by molar-refractivity contribution is -0.118. The molecule has 3 N–H and O–H groups in total. The van der Waals surface area contributed by atoms with E-state index in [-0.39, 0.29) is 18.1 Å². The average molecular weight is 229 g/mol. The van der Waals surface area contributed by atoms with E-state index >= 15 is 0 Å². The quantitative estimate of drug-likeness (QED) is 0.648. The molecule has 94 valence electrons. The lowest BCUT2D eigenvalue weighted by Crippen LogP contribution is -2.48. The van der Waals surface area contributed by atoms with Gasteiger partial charge < -0.3 is 15.8 Å². The van der Waals surface area contributed by atoms with Crippen LogP contribution in [0.3, 0.4) is 0 Å². The number of carbonyl (C=O) groups is 1. The standard InChI is InChI=1S/C11H23N3O2/c1-3-14-4-5-16-10(8-14)7-13-9(2)6-11(12)15/h9-10,13H,3-8H2,1-2H3,(H2,12,15). The number of hydrogen-bond donors (Lipinski definition) is 2. The van der Waals surface area contributed by atoms with Crippen molar-refractivity contribution in [3.8, 4) is 0 Å². The third-order valence-electron chi connectivity index (χ3n) is 2.87. The molecular weight excluding hydrogens is 206 g/mol. The summed E-state index contributed by atoms with van der Waals surface area (Å²) in [7, 11) is 0. The van der Waals surface area contributed by atoms with Crippen molar-refractivity contribution < 1.29 is 9.53 Å². The molecule has 5 heteroatoms. The summed E-state index contributed by atoms with van der Waals surface area (Å²) in [4.78, 5) is 13.1. The van der Waals surface area contributed by atoms with Gasteiger partial charge in [-0.25, -0.2) is 0 Å². The summed E-state index contributed by atoms with van der Waals surface area (Å²) in [5.41, 5.74) is 5.13. The van der Waals surface area contributed by atoms with E-state index in [2.05, 4.69) is 17.1 Å². The van der Waals surface area contributed by atoms with E-state index in [1.807, 2.05) is 6.92 Å². The first-order valence-electron chi connectivity index (χ1n) is 5.97. The Morgan fingerprint density at radius 3 is 3.06 bits per heavy atom. The topological polar surface area (TPSA) is 67.6 Å². The van der Waals surface area contributed by atoms with E-state index in [0.29, 0.717) is 6.42 Å². The van der Waals surface area contributed by atoms with Gasteiger partial charge in [0.2, 0.25) is 5.91 Å². The molecule has 2 unspecified atom stereocenters. The van der Waals surface area contributed by atoms with E-state index < -0.39 is 0 Å². The summed E-state index contributed by atoms with van der Waals surface area (Å²) >= 11 is 0. The van der Waals surface area contributed by atoms with E-state index in [9.17, 15) is 4.79 Å². The molecule has 0 bridgehead atoms. The Morgan fingerprint density at radius 2 is 2.44 bits per heavy atom. The van der Waals surface area contributed by atoms with Crippen LogP contribution in [0.2, 0.25) is 0 Å². The highest BCUT2D eigenvalue weighted by Crippen LogP contribution is 2.04. The number of likely N-dealkylation sites (N-methyl/N-ethyl adjacent to an activating group) is 1. The van der Waals surface area contributed by atoms with Crippen LogP contribution in [0.25, 0.3) is 0 Å². The van der Waals surface area contributed by atoms with Crippen LogP contribution in [0.4, 0.5) is 0 Å². The number of primary amides is 1. The average Bonchev–Trinajstić information content (AvgIpc) is 2.26. The predicted molar refractivity (Wildman–Crippen MR) is 63.1 cm³/mol. The van der Waals surface area contributed by atoms with Gasteiger partial charge in [0.25, 0.3) is 0 Å². The van der Waals surface area contributed by atoms with Crippen molar-refractivity contribution in [3.05, 3.63) is 0 Å². The highest BCUT2D eigenvalue weighted by Gasteiger charge is 2.19. The third-order valence-corrected chi connectivity index (χ3v) is 2.87. The van der Waals surface area contributed by atoms with E-state index in [4.69, 9.17) is 10.5 Å². The van der Waals surface area contributed by atoms with Crippen molar-refractivity contribution >= 4 is 5.91 Å². The van der Waals surface area contributed by atoms with Gasteiger partial charge in [-0.3, -0.25) is 9.69 Å². The number of hydrogen-bond acceptors (Lipinski definition) is 4. The van der Waals surface area contributed by atoms with Crippen LogP contribution in [-0.4, -0.2) is 55.7 Å². The van der Waals surface area contributed by atoms with Crippen LogP contribution in [-0.2, 0) is 9.53 Å². The summed E-state index contributed by atoms with van der Waals surface area (Å²) < 4.78 is 5.65. The van der Waals surface area contributed by atoms with E-state index in [1.165, 1.54) is 0 Å². The van der Waals surface area contributed by atoms with Crippen LogP contribution in [0.1, 0.15) is 20.3 Å². The number of nitrogens with one attached hydrogen (secondary N) is 1. The number of carbonyl (C=O) groups excluding carboxylic acids is 1. The lowest BCUT2D eigenvalue weighted by atomic mass is 10.2. The lowest BCUT2D eigenvalue weighted by Gasteiger charge is -2.32. The Labute approximate surface area is 97.3 Å². The summed E-state index contributed by atoms with van der Waals surface area (Å²) in [6, 6.07) is 0.123. The maximum atomic E-state index is 10.7. The van der Waals surface area contributed by atoms with Gasteiger partial charge in [0.15, 0.2) is 0 Å². The molecule has 1 fully saturated rings. The fourth-order valence-corrected chi connectivity index (χ4v) is 1.90. The normalized spacial score (nSPS) is 24.2. The molecule has 0 aromatic carbocycles. The number of nitrogens with two attached hydrogens (primary N) is 1. The minimum absolute atomic E-state index is 0.123. The number of nitrogens with zero attached hydrogens (tertiary/aromatic N) is 1. The van der Waals surface area contributed by atoms with Crippen LogP contribution >= 0.6 is 0 Å².